The second-order valence-corrected chi connectivity index (χ2v) is 6.18. The number of nitrogens with zero attached hydrogens (tertiary/aromatic N) is 4. The Morgan fingerprint density at radius 1 is 1.15 bits per heavy atom. The zero-order valence-electron chi connectivity index (χ0n) is 15.0. The van der Waals surface area contributed by atoms with Gasteiger partial charge in [0.15, 0.2) is 0 Å². The molecule has 2 heterocycles. The van der Waals surface area contributed by atoms with Crippen molar-refractivity contribution in [2.24, 2.45) is 0 Å². The van der Waals surface area contributed by atoms with Gasteiger partial charge in [0.25, 0.3) is 0 Å². The van der Waals surface area contributed by atoms with Crippen molar-refractivity contribution in [1.82, 2.24) is 24.8 Å². The van der Waals surface area contributed by atoms with Crippen molar-refractivity contribution in [3.05, 3.63) is 84.2 Å². The Morgan fingerprint density at radius 3 is 2.62 bits per heavy atom. The maximum Gasteiger partial charge on any atom is 0.318 e. The van der Waals surface area contributed by atoms with Crippen molar-refractivity contribution >= 4 is 6.03 Å². The van der Waals surface area contributed by atoms with Crippen LogP contribution >= 0.6 is 0 Å². The minimum atomic E-state index is -0.136. The highest BCUT2D eigenvalue weighted by Crippen LogP contribution is 2.17. The molecule has 0 aliphatic carbocycles. The van der Waals surface area contributed by atoms with Crippen molar-refractivity contribution in [3.63, 3.8) is 0 Å². The number of amides is 2. The van der Waals surface area contributed by atoms with Crippen LogP contribution in [0, 0.1) is 0 Å². The van der Waals surface area contributed by atoms with Gasteiger partial charge in [-0.3, -0.25) is 4.98 Å². The molecule has 0 saturated carbocycles. The van der Waals surface area contributed by atoms with Crippen LogP contribution in [0.2, 0.25) is 0 Å². The summed E-state index contributed by atoms with van der Waals surface area (Å²) >= 11 is 0. The van der Waals surface area contributed by atoms with Crippen LogP contribution in [0.4, 0.5) is 4.79 Å². The third kappa shape index (κ3) is 4.27. The van der Waals surface area contributed by atoms with E-state index in [0.29, 0.717) is 6.54 Å². The predicted octanol–water partition coefficient (Wildman–Crippen LogP) is 3.23. The van der Waals surface area contributed by atoms with Gasteiger partial charge in [-0.2, -0.15) is 0 Å². The topological polar surface area (TPSA) is 63.1 Å². The maximum absolute atomic E-state index is 12.5. The van der Waals surface area contributed by atoms with Gasteiger partial charge < -0.3 is 14.8 Å². The Bertz CT molecular complexity index is 832. The number of urea groups is 1. The zero-order chi connectivity index (χ0) is 18.4. The van der Waals surface area contributed by atoms with Gasteiger partial charge in [0, 0.05) is 38.4 Å². The monoisotopic (exact) mass is 349 g/mol. The van der Waals surface area contributed by atoms with E-state index in [1.165, 1.54) is 5.56 Å². The van der Waals surface area contributed by atoms with E-state index in [9.17, 15) is 4.79 Å². The number of imidazole rings is 1. The van der Waals surface area contributed by atoms with Crippen LogP contribution in [0.25, 0.3) is 0 Å². The van der Waals surface area contributed by atoms with Gasteiger partial charge >= 0.3 is 6.03 Å². The summed E-state index contributed by atoms with van der Waals surface area (Å²) in [5, 5.41) is 2.95. The van der Waals surface area contributed by atoms with Crippen LogP contribution in [0.1, 0.15) is 29.9 Å². The number of pyridine rings is 1. The summed E-state index contributed by atoms with van der Waals surface area (Å²) < 4.78 is 2.04. The molecule has 6 nitrogen and oxygen atoms in total. The number of aromatic nitrogens is 3. The minimum Gasteiger partial charge on any atom is -0.331 e. The highest BCUT2D eigenvalue weighted by Gasteiger charge is 2.17. The first-order valence-electron chi connectivity index (χ1n) is 8.59. The van der Waals surface area contributed by atoms with E-state index in [1.807, 2.05) is 48.0 Å². The van der Waals surface area contributed by atoms with Crippen LogP contribution in [0.3, 0.4) is 0 Å². The Kier molecular flexibility index (Phi) is 5.63. The first-order valence-corrected chi connectivity index (χ1v) is 8.59. The number of rotatable bonds is 6. The van der Waals surface area contributed by atoms with Crippen LogP contribution < -0.4 is 5.32 Å². The van der Waals surface area contributed by atoms with Crippen molar-refractivity contribution in [1.29, 1.82) is 0 Å². The van der Waals surface area contributed by atoms with E-state index >= 15 is 0 Å². The van der Waals surface area contributed by atoms with Crippen LogP contribution in [0.15, 0.2) is 67.3 Å². The standard InChI is InChI=1S/C20H23N5O/c1-16(18-8-10-21-11-9-18)24(2)20(26)23-14-19-22-12-13-25(19)15-17-6-4-3-5-7-17/h3-13,16H,14-15H2,1-2H3,(H,23,26)/t16-/m1/s1. The predicted molar refractivity (Wildman–Crippen MR) is 100 cm³/mol. The summed E-state index contributed by atoms with van der Waals surface area (Å²) in [5.74, 6) is 0.826. The molecule has 0 fully saturated rings. The fraction of sp³-hybridized carbons (Fsp3) is 0.250. The normalized spacial score (nSPS) is 11.8. The summed E-state index contributed by atoms with van der Waals surface area (Å²) in [6.45, 7) is 3.10. The van der Waals surface area contributed by atoms with Gasteiger partial charge in [0.1, 0.15) is 5.82 Å². The second-order valence-electron chi connectivity index (χ2n) is 6.18. The summed E-state index contributed by atoms with van der Waals surface area (Å²) in [6, 6.07) is 13.8. The van der Waals surface area contributed by atoms with Gasteiger partial charge in [0.05, 0.1) is 12.6 Å². The highest BCUT2D eigenvalue weighted by atomic mass is 16.2. The van der Waals surface area contributed by atoms with E-state index in [-0.39, 0.29) is 12.1 Å². The fourth-order valence-corrected chi connectivity index (χ4v) is 2.75. The largest absolute Gasteiger partial charge is 0.331 e. The average molecular weight is 349 g/mol. The fourth-order valence-electron chi connectivity index (χ4n) is 2.75. The van der Waals surface area contributed by atoms with E-state index in [4.69, 9.17) is 0 Å². The van der Waals surface area contributed by atoms with Gasteiger partial charge in [-0.15, -0.1) is 0 Å². The van der Waals surface area contributed by atoms with E-state index in [2.05, 4.69) is 27.4 Å². The molecule has 3 rings (SSSR count). The average Bonchev–Trinajstić information content (AvgIpc) is 3.13. The Balaban J connectivity index is 1.59. The van der Waals surface area contributed by atoms with Crippen molar-refractivity contribution in [3.8, 4) is 0 Å². The molecule has 1 atom stereocenters. The van der Waals surface area contributed by atoms with E-state index in [1.54, 1.807) is 30.5 Å². The number of benzene rings is 1. The lowest BCUT2D eigenvalue weighted by Crippen LogP contribution is -2.38. The number of hydrogen-bond donors (Lipinski definition) is 1. The van der Waals surface area contributed by atoms with Crippen molar-refractivity contribution < 1.29 is 4.79 Å². The van der Waals surface area contributed by atoms with Gasteiger partial charge in [-0.1, -0.05) is 30.3 Å². The number of carbonyl (C=O) groups is 1. The molecule has 0 aliphatic heterocycles. The molecule has 0 unspecified atom stereocenters. The number of hydrogen-bond acceptors (Lipinski definition) is 3. The highest BCUT2D eigenvalue weighted by molar-refractivity contribution is 5.74. The van der Waals surface area contributed by atoms with Crippen LogP contribution in [-0.4, -0.2) is 32.5 Å². The minimum absolute atomic E-state index is 0.0398. The summed E-state index contributed by atoms with van der Waals surface area (Å²) in [6.07, 6.45) is 7.15. The second kappa shape index (κ2) is 8.29. The first-order chi connectivity index (χ1) is 12.6. The molecule has 0 bridgehead atoms. The zero-order valence-corrected chi connectivity index (χ0v) is 15.0. The van der Waals surface area contributed by atoms with Gasteiger partial charge in [-0.25, -0.2) is 9.78 Å². The van der Waals surface area contributed by atoms with E-state index in [0.717, 1.165) is 17.9 Å². The summed E-state index contributed by atoms with van der Waals surface area (Å²) in [5.41, 5.74) is 2.24. The maximum atomic E-state index is 12.5. The molecule has 6 heteroatoms. The molecule has 26 heavy (non-hydrogen) atoms. The number of nitrogens with one attached hydrogen (secondary N) is 1. The van der Waals surface area contributed by atoms with E-state index < -0.39 is 0 Å². The molecule has 2 aromatic heterocycles. The molecular weight excluding hydrogens is 326 g/mol. The lowest BCUT2D eigenvalue weighted by molar-refractivity contribution is 0.193. The molecule has 134 valence electrons. The summed E-state index contributed by atoms with van der Waals surface area (Å²) in [7, 11) is 1.79. The van der Waals surface area contributed by atoms with Gasteiger partial charge in [0.2, 0.25) is 0 Å². The molecule has 1 aromatic carbocycles. The quantitative estimate of drug-likeness (QED) is 0.743. The summed E-state index contributed by atoms with van der Waals surface area (Å²) in [4.78, 5) is 22.5. The van der Waals surface area contributed by atoms with Gasteiger partial charge in [-0.05, 0) is 30.2 Å². The SMILES string of the molecule is C[C@H](c1ccncc1)N(C)C(=O)NCc1nccn1Cc1ccccc1. The van der Waals surface area contributed by atoms with Crippen LogP contribution in [-0.2, 0) is 13.1 Å². The Labute approximate surface area is 153 Å². The molecule has 0 radical (unpaired) electrons. The Hall–Kier alpha value is -3.15. The lowest BCUT2D eigenvalue weighted by atomic mass is 10.1. The molecule has 3 aromatic rings. The molecule has 0 spiro atoms. The number of carbonyl (C=O) groups excluding carboxylic acids is 1. The molecule has 0 aliphatic rings. The third-order valence-corrected chi connectivity index (χ3v) is 4.48. The molecule has 1 N–H and O–H groups in total. The molecular formula is C20H23N5O. The first kappa shape index (κ1) is 17.7. The lowest BCUT2D eigenvalue weighted by Gasteiger charge is -2.25. The Morgan fingerprint density at radius 2 is 1.88 bits per heavy atom. The molecule has 0 saturated heterocycles. The molecule has 2 amide bonds. The van der Waals surface area contributed by atoms with Crippen LogP contribution in [0.5, 0.6) is 0 Å². The smallest absolute Gasteiger partial charge is 0.318 e. The third-order valence-electron chi connectivity index (χ3n) is 4.48. The van der Waals surface area contributed by atoms with Crippen molar-refractivity contribution in [2.45, 2.75) is 26.1 Å². The van der Waals surface area contributed by atoms with Crippen molar-refractivity contribution in [2.75, 3.05) is 7.05 Å².